The molecule has 2 heterocycles. The summed E-state index contributed by atoms with van der Waals surface area (Å²) in [4.78, 5) is 44.2. The van der Waals surface area contributed by atoms with E-state index in [0.29, 0.717) is 43.5 Å². The molecule has 0 radical (unpaired) electrons. The molecule has 2 aromatic heterocycles. The summed E-state index contributed by atoms with van der Waals surface area (Å²) in [6.07, 6.45) is 18.3. The van der Waals surface area contributed by atoms with Crippen LogP contribution in [0.15, 0.2) is 129 Å². The molecule has 0 N–H and O–H groups in total. The van der Waals surface area contributed by atoms with Crippen LogP contribution in [0.5, 0.6) is 23.0 Å². The minimum Gasteiger partial charge on any atom is -0.494 e. The molecule has 12 nitrogen and oxygen atoms in total. The molecule has 0 saturated carbocycles. The van der Waals surface area contributed by atoms with Crippen LogP contribution < -0.4 is 18.9 Å². The van der Waals surface area contributed by atoms with Crippen molar-refractivity contribution in [3.05, 3.63) is 145 Å². The van der Waals surface area contributed by atoms with E-state index >= 15 is 0 Å². The first-order chi connectivity index (χ1) is 32.8. The monoisotopic (exact) mass is 912 g/mol. The summed E-state index contributed by atoms with van der Waals surface area (Å²) < 4.78 is 39.6. The van der Waals surface area contributed by atoms with Gasteiger partial charge in [0.2, 0.25) is 0 Å². The molecule has 0 atom stereocenters. The Hall–Kier alpha value is -6.95. The van der Waals surface area contributed by atoms with Gasteiger partial charge in [0.05, 0.1) is 50.0 Å². The minimum atomic E-state index is -0.444. The quantitative estimate of drug-likeness (QED) is 0.0175. The molecule has 5 aromatic rings. The van der Waals surface area contributed by atoms with Crippen molar-refractivity contribution in [2.75, 3.05) is 33.0 Å². The van der Waals surface area contributed by atoms with Gasteiger partial charge in [0.1, 0.15) is 24.7 Å². The van der Waals surface area contributed by atoms with Crippen molar-refractivity contribution in [1.29, 1.82) is 0 Å². The zero-order valence-corrected chi connectivity index (χ0v) is 38.8. The molecule has 0 amide bonds. The molecule has 0 fully saturated rings. The predicted molar refractivity (Wildman–Crippen MR) is 259 cm³/mol. The summed E-state index contributed by atoms with van der Waals surface area (Å²) in [6.45, 7) is 11.5. The lowest BCUT2D eigenvalue weighted by Gasteiger charge is -2.14. The van der Waals surface area contributed by atoms with Gasteiger partial charge in [0.15, 0.2) is 11.5 Å². The summed E-state index contributed by atoms with van der Waals surface area (Å²) in [6, 6.07) is 28.7. The number of pyridine rings is 2. The zero-order valence-electron chi connectivity index (χ0n) is 38.8. The Morgan fingerprint density at radius 3 is 1.33 bits per heavy atom. The Morgan fingerprint density at radius 2 is 0.910 bits per heavy atom. The lowest BCUT2D eigenvalue weighted by molar-refractivity contribution is -0.138. The number of ether oxygens (including phenoxy) is 7. The second-order valence-corrected chi connectivity index (χ2v) is 15.8. The SMILES string of the molecule is C=CC(=O)OCCCCCCCCOc1ccc(-c2ccc(COc3ccc(C(=O)OCC)cc3OCc3ccc(-c4ccc(OCCCCCCCCOC(=O)C=C)cc4)nc3)cn2)cc1. The third-order valence-corrected chi connectivity index (χ3v) is 10.6. The number of nitrogens with zero attached hydrogens (tertiary/aromatic N) is 2. The molecule has 67 heavy (non-hydrogen) atoms. The van der Waals surface area contributed by atoms with Gasteiger partial charge in [-0.15, -0.1) is 0 Å². The second kappa shape index (κ2) is 29.6. The van der Waals surface area contributed by atoms with E-state index in [9.17, 15) is 14.4 Å². The number of hydrogen-bond donors (Lipinski definition) is 0. The predicted octanol–water partition coefficient (Wildman–Crippen LogP) is 12.0. The first-order valence-electron chi connectivity index (χ1n) is 23.4. The van der Waals surface area contributed by atoms with Gasteiger partial charge in [0, 0.05) is 46.8 Å². The van der Waals surface area contributed by atoms with E-state index in [4.69, 9.17) is 33.2 Å². The Kier molecular flexibility index (Phi) is 22.5. The molecule has 0 saturated heterocycles. The van der Waals surface area contributed by atoms with Crippen LogP contribution in [0.3, 0.4) is 0 Å². The summed E-state index contributed by atoms with van der Waals surface area (Å²) >= 11 is 0. The van der Waals surface area contributed by atoms with Gasteiger partial charge >= 0.3 is 17.9 Å². The number of aromatic nitrogens is 2. The molecule has 0 unspecified atom stereocenters. The van der Waals surface area contributed by atoms with Crippen molar-refractivity contribution < 1.29 is 47.5 Å². The highest BCUT2D eigenvalue weighted by atomic mass is 16.5. The molecule has 0 aliphatic heterocycles. The van der Waals surface area contributed by atoms with Crippen LogP contribution in [0.1, 0.15) is 105 Å². The zero-order chi connectivity index (χ0) is 47.3. The largest absolute Gasteiger partial charge is 0.494 e. The average Bonchev–Trinajstić information content (AvgIpc) is 3.36. The van der Waals surface area contributed by atoms with Gasteiger partial charge in [-0.3, -0.25) is 9.97 Å². The molecule has 0 aliphatic rings. The summed E-state index contributed by atoms with van der Waals surface area (Å²) in [5, 5.41) is 0. The van der Waals surface area contributed by atoms with Crippen LogP contribution in [0.2, 0.25) is 0 Å². The van der Waals surface area contributed by atoms with Crippen LogP contribution in [-0.4, -0.2) is 60.9 Å². The molecule has 3 aromatic carbocycles. The number of rotatable bonds is 32. The van der Waals surface area contributed by atoms with E-state index in [0.717, 1.165) is 122 Å². The third kappa shape index (κ3) is 18.8. The van der Waals surface area contributed by atoms with Crippen molar-refractivity contribution >= 4 is 17.9 Å². The van der Waals surface area contributed by atoms with Gasteiger partial charge < -0.3 is 33.2 Å². The Labute approximate surface area is 395 Å². The molecule has 0 bridgehead atoms. The maximum atomic E-state index is 12.6. The van der Waals surface area contributed by atoms with Gasteiger partial charge in [-0.25, -0.2) is 14.4 Å². The summed E-state index contributed by atoms with van der Waals surface area (Å²) in [5.41, 5.74) is 5.67. The fourth-order valence-corrected chi connectivity index (χ4v) is 6.87. The highest BCUT2D eigenvalue weighted by Crippen LogP contribution is 2.31. The molecular formula is C55H64N2O10. The number of unbranched alkanes of at least 4 members (excludes halogenated alkanes) is 10. The summed E-state index contributed by atoms with van der Waals surface area (Å²) in [5.74, 6) is 1.34. The highest BCUT2D eigenvalue weighted by Gasteiger charge is 2.14. The average molecular weight is 913 g/mol. The van der Waals surface area contributed by atoms with E-state index in [1.807, 2.05) is 72.8 Å². The first kappa shape index (κ1) is 51.0. The smallest absolute Gasteiger partial charge is 0.338 e. The molecule has 12 heteroatoms. The number of carbonyl (C=O) groups is 3. The van der Waals surface area contributed by atoms with Crippen molar-refractivity contribution in [2.24, 2.45) is 0 Å². The minimum absolute atomic E-state index is 0.202. The molecule has 0 spiro atoms. The molecular weight excluding hydrogens is 849 g/mol. The van der Waals surface area contributed by atoms with Crippen molar-refractivity contribution in [1.82, 2.24) is 9.97 Å². The molecule has 5 rings (SSSR count). The maximum absolute atomic E-state index is 12.6. The lowest BCUT2D eigenvalue weighted by atomic mass is 10.1. The van der Waals surface area contributed by atoms with E-state index < -0.39 is 5.97 Å². The van der Waals surface area contributed by atoms with Crippen molar-refractivity contribution in [3.8, 4) is 45.5 Å². The van der Waals surface area contributed by atoms with Crippen LogP contribution in [-0.2, 0) is 37.0 Å². The van der Waals surface area contributed by atoms with Crippen molar-refractivity contribution in [2.45, 2.75) is 97.2 Å². The van der Waals surface area contributed by atoms with E-state index in [2.05, 4.69) is 23.1 Å². The Bertz CT molecular complexity index is 2260. The van der Waals surface area contributed by atoms with Gasteiger partial charge in [-0.05, 0) is 111 Å². The second-order valence-electron chi connectivity index (χ2n) is 15.8. The van der Waals surface area contributed by atoms with Gasteiger partial charge in [-0.2, -0.15) is 0 Å². The normalized spacial score (nSPS) is 10.7. The van der Waals surface area contributed by atoms with E-state index in [1.54, 1.807) is 37.5 Å². The number of carbonyl (C=O) groups excluding carboxylic acids is 3. The number of hydrogen-bond acceptors (Lipinski definition) is 12. The standard InChI is InChI=1S/C55H64N2O10/c1-4-53(58)64-35-17-13-9-7-11-15-33-62-47-26-21-44(22-27-47)49-30-19-42(38-56-49)40-66-51-32-25-46(55(60)61-6-3)37-52(51)67-41-43-20-31-50(57-39-43)45-23-28-48(29-24-45)63-34-16-12-8-10-14-18-36-65-54(59)5-2/h4-5,19-32,37-39H,1-2,6-18,33-36,40-41H2,3H3. The van der Waals surface area contributed by atoms with Crippen LogP contribution in [0.25, 0.3) is 22.5 Å². The van der Waals surface area contributed by atoms with Crippen molar-refractivity contribution in [3.63, 3.8) is 0 Å². The Balaban J connectivity index is 1.04. The van der Waals surface area contributed by atoms with Crippen LogP contribution >= 0.6 is 0 Å². The summed E-state index contributed by atoms with van der Waals surface area (Å²) in [7, 11) is 0. The molecule has 354 valence electrons. The number of benzene rings is 3. The first-order valence-corrected chi connectivity index (χ1v) is 23.4. The number of esters is 3. The third-order valence-electron chi connectivity index (χ3n) is 10.6. The lowest BCUT2D eigenvalue weighted by Crippen LogP contribution is -2.07. The van der Waals surface area contributed by atoms with Gasteiger partial charge in [-0.1, -0.05) is 76.7 Å². The van der Waals surface area contributed by atoms with Crippen LogP contribution in [0.4, 0.5) is 0 Å². The topological polar surface area (TPSA) is 142 Å². The van der Waals surface area contributed by atoms with Gasteiger partial charge in [0.25, 0.3) is 0 Å². The fourth-order valence-electron chi connectivity index (χ4n) is 6.87. The van der Waals surface area contributed by atoms with Crippen LogP contribution in [0, 0.1) is 0 Å². The Morgan fingerprint density at radius 1 is 0.478 bits per heavy atom. The highest BCUT2D eigenvalue weighted by molar-refractivity contribution is 5.90. The maximum Gasteiger partial charge on any atom is 0.338 e. The fraction of sp³-hybridized carbons (Fsp3) is 0.364. The van der Waals surface area contributed by atoms with E-state index in [1.165, 1.54) is 12.2 Å². The molecule has 0 aliphatic carbocycles. The van der Waals surface area contributed by atoms with E-state index in [-0.39, 0.29) is 31.8 Å².